The molecule has 1 unspecified atom stereocenters. The Morgan fingerprint density at radius 3 is 2.69 bits per heavy atom. The molecule has 4 heterocycles. The Balaban J connectivity index is 1.27. The summed E-state index contributed by atoms with van der Waals surface area (Å²) in [5, 5.41) is 1.96. The summed E-state index contributed by atoms with van der Waals surface area (Å²) >= 11 is 12.3. The summed E-state index contributed by atoms with van der Waals surface area (Å²) < 4.78 is 0. The highest BCUT2D eigenvalue weighted by Crippen LogP contribution is 2.34. The summed E-state index contributed by atoms with van der Waals surface area (Å²) in [6.07, 6.45) is 7.11. The number of aromatic nitrogens is 2. The topological polar surface area (TPSA) is 69.3 Å². The molecule has 3 aromatic rings. The van der Waals surface area contributed by atoms with Gasteiger partial charge in [0.2, 0.25) is 5.91 Å². The highest BCUT2D eigenvalue weighted by molar-refractivity contribution is 6.35. The molecule has 8 heteroatoms. The zero-order chi connectivity index (χ0) is 22.2. The molecule has 2 aliphatic heterocycles. The number of piperidine rings is 1. The zero-order valence-electron chi connectivity index (χ0n) is 17.6. The van der Waals surface area contributed by atoms with E-state index >= 15 is 0 Å². The van der Waals surface area contributed by atoms with Crippen molar-refractivity contribution in [2.75, 3.05) is 19.6 Å². The van der Waals surface area contributed by atoms with Gasteiger partial charge in [-0.15, -0.1) is 0 Å². The largest absolute Gasteiger partial charge is 0.346 e. The third-order valence-corrected chi connectivity index (χ3v) is 7.25. The minimum Gasteiger partial charge on any atom is -0.346 e. The molecule has 32 heavy (non-hydrogen) atoms. The number of aromatic amines is 1. The van der Waals surface area contributed by atoms with Gasteiger partial charge in [0.25, 0.3) is 5.91 Å². The molecule has 0 aliphatic carbocycles. The van der Waals surface area contributed by atoms with Crippen molar-refractivity contribution in [3.05, 3.63) is 63.9 Å². The molecule has 0 bridgehead atoms. The molecule has 1 aromatic carbocycles. The van der Waals surface area contributed by atoms with Gasteiger partial charge < -0.3 is 14.8 Å². The number of fused-ring (bicyclic) bond motifs is 1. The fourth-order valence-electron chi connectivity index (χ4n) is 5.02. The van der Waals surface area contributed by atoms with Gasteiger partial charge in [0.15, 0.2) is 0 Å². The first-order valence-electron chi connectivity index (χ1n) is 11.0. The third kappa shape index (κ3) is 3.86. The highest BCUT2D eigenvalue weighted by atomic mass is 35.5. The molecule has 1 atom stereocenters. The Morgan fingerprint density at radius 1 is 1.06 bits per heavy atom. The number of pyridine rings is 1. The van der Waals surface area contributed by atoms with Crippen LogP contribution in [0.1, 0.15) is 47.5 Å². The molecule has 0 spiro atoms. The summed E-state index contributed by atoms with van der Waals surface area (Å²) in [6.45, 7) is 1.93. The van der Waals surface area contributed by atoms with Crippen molar-refractivity contribution in [2.24, 2.45) is 0 Å². The second-order valence-electron chi connectivity index (χ2n) is 8.52. The second-order valence-corrected chi connectivity index (χ2v) is 9.37. The van der Waals surface area contributed by atoms with Crippen LogP contribution in [0.5, 0.6) is 0 Å². The van der Waals surface area contributed by atoms with Crippen LogP contribution in [0.15, 0.2) is 42.7 Å². The maximum atomic E-state index is 13.4. The van der Waals surface area contributed by atoms with Crippen LogP contribution < -0.4 is 0 Å². The van der Waals surface area contributed by atoms with Gasteiger partial charge >= 0.3 is 0 Å². The van der Waals surface area contributed by atoms with E-state index in [0.29, 0.717) is 47.6 Å². The van der Waals surface area contributed by atoms with Gasteiger partial charge in [-0.25, -0.2) is 4.98 Å². The maximum absolute atomic E-state index is 13.4. The van der Waals surface area contributed by atoms with Crippen LogP contribution in [0, 0.1) is 0 Å². The number of likely N-dealkylation sites (tertiary alicyclic amines) is 2. The predicted octanol–water partition coefficient (Wildman–Crippen LogP) is 4.88. The maximum Gasteiger partial charge on any atom is 0.256 e. The molecule has 166 valence electrons. The average Bonchev–Trinajstić information content (AvgIpc) is 3.47. The number of rotatable bonds is 3. The van der Waals surface area contributed by atoms with Gasteiger partial charge in [-0.2, -0.15) is 0 Å². The lowest BCUT2D eigenvalue weighted by Crippen LogP contribution is -2.49. The molecule has 2 fully saturated rings. The zero-order valence-corrected chi connectivity index (χ0v) is 19.1. The van der Waals surface area contributed by atoms with Gasteiger partial charge in [-0.05, 0) is 67.5 Å². The molecule has 2 saturated heterocycles. The predicted molar refractivity (Wildman–Crippen MR) is 125 cm³/mol. The Kier molecular flexibility index (Phi) is 5.82. The number of H-pyrrole nitrogens is 1. The summed E-state index contributed by atoms with van der Waals surface area (Å²) in [5.41, 5.74) is 2.53. The molecular weight excluding hydrogens is 447 g/mol. The normalized spacial score (nSPS) is 19.6. The number of nitrogens with one attached hydrogen (secondary N) is 1. The van der Waals surface area contributed by atoms with E-state index in [-0.39, 0.29) is 11.8 Å². The van der Waals surface area contributed by atoms with Crippen molar-refractivity contribution in [3.63, 3.8) is 0 Å². The van der Waals surface area contributed by atoms with Crippen molar-refractivity contribution in [3.8, 4) is 0 Å². The van der Waals surface area contributed by atoms with Crippen LogP contribution in [-0.2, 0) is 4.79 Å². The molecule has 2 aromatic heterocycles. The number of halogens is 2. The number of hydrogen-bond donors (Lipinski definition) is 1. The number of carbonyl (C=O) groups is 2. The highest BCUT2D eigenvalue weighted by Gasteiger charge is 2.38. The van der Waals surface area contributed by atoms with Crippen molar-refractivity contribution in [2.45, 2.75) is 37.6 Å². The Labute approximate surface area is 196 Å². The minimum absolute atomic E-state index is 0.0352. The Hall–Kier alpha value is -2.57. The monoisotopic (exact) mass is 470 g/mol. The van der Waals surface area contributed by atoms with Crippen LogP contribution in [-0.4, -0.2) is 57.3 Å². The molecular formula is C24H24Cl2N4O2. The minimum atomic E-state index is -0.439. The van der Waals surface area contributed by atoms with Crippen LogP contribution in [0.25, 0.3) is 11.0 Å². The Bertz CT molecular complexity index is 1170. The second kappa shape index (κ2) is 8.75. The van der Waals surface area contributed by atoms with Gasteiger partial charge in [-0.3, -0.25) is 9.59 Å². The lowest BCUT2D eigenvalue weighted by atomic mass is 9.89. The van der Waals surface area contributed by atoms with Gasteiger partial charge in [0.05, 0.1) is 10.6 Å². The van der Waals surface area contributed by atoms with Crippen molar-refractivity contribution < 1.29 is 9.59 Å². The fourth-order valence-corrected chi connectivity index (χ4v) is 5.39. The van der Waals surface area contributed by atoms with Gasteiger partial charge in [-0.1, -0.05) is 23.2 Å². The van der Waals surface area contributed by atoms with E-state index < -0.39 is 6.04 Å². The van der Waals surface area contributed by atoms with E-state index in [0.717, 1.165) is 30.3 Å². The summed E-state index contributed by atoms with van der Waals surface area (Å²) in [6, 6.07) is 8.46. The number of benzene rings is 1. The van der Waals surface area contributed by atoms with E-state index in [4.69, 9.17) is 23.2 Å². The smallest absolute Gasteiger partial charge is 0.256 e. The van der Waals surface area contributed by atoms with E-state index in [1.165, 1.54) is 5.56 Å². The average molecular weight is 471 g/mol. The molecule has 0 saturated carbocycles. The first kappa shape index (κ1) is 21.3. The van der Waals surface area contributed by atoms with Gasteiger partial charge in [0.1, 0.15) is 11.7 Å². The first-order chi connectivity index (χ1) is 15.5. The number of nitrogens with zero attached hydrogens (tertiary/aromatic N) is 3. The van der Waals surface area contributed by atoms with Crippen LogP contribution in [0.2, 0.25) is 10.0 Å². The number of carbonyl (C=O) groups excluding carboxylic acids is 2. The first-order valence-corrected chi connectivity index (χ1v) is 11.8. The molecule has 2 amide bonds. The van der Waals surface area contributed by atoms with Crippen LogP contribution >= 0.6 is 23.2 Å². The van der Waals surface area contributed by atoms with Crippen LogP contribution in [0.3, 0.4) is 0 Å². The van der Waals surface area contributed by atoms with E-state index in [2.05, 4.69) is 16.0 Å². The van der Waals surface area contributed by atoms with Crippen LogP contribution in [0.4, 0.5) is 0 Å². The van der Waals surface area contributed by atoms with Crippen molar-refractivity contribution in [1.29, 1.82) is 0 Å². The third-order valence-electron chi connectivity index (χ3n) is 6.69. The van der Waals surface area contributed by atoms with E-state index in [1.54, 1.807) is 29.3 Å². The molecule has 6 nitrogen and oxygen atoms in total. The summed E-state index contributed by atoms with van der Waals surface area (Å²) in [4.78, 5) is 37.7. The standard InChI is InChI=1S/C24H24Cl2N4O2/c25-16-5-6-20(26)18(13-16)23(31)30-10-2-4-21(30)24(32)29-11-7-15(8-12-29)19-14-28-22-17(19)3-1-9-27-22/h1,3,5-6,9,13-15,21H,2,4,7-8,10-12H2,(H,27,28). The van der Waals surface area contributed by atoms with E-state index in [9.17, 15) is 9.59 Å². The van der Waals surface area contributed by atoms with E-state index in [1.807, 2.05) is 17.2 Å². The van der Waals surface area contributed by atoms with Crippen molar-refractivity contribution in [1.82, 2.24) is 19.8 Å². The van der Waals surface area contributed by atoms with Gasteiger partial charge in [0, 0.05) is 42.4 Å². The Morgan fingerprint density at radius 2 is 1.88 bits per heavy atom. The quantitative estimate of drug-likeness (QED) is 0.592. The number of amides is 2. The lowest BCUT2D eigenvalue weighted by molar-refractivity contribution is -0.136. The number of hydrogen-bond acceptors (Lipinski definition) is 3. The molecule has 1 N–H and O–H groups in total. The molecule has 2 aliphatic rings. The lowest BCUT2D eigenvalue weighted by Gasteiger charge is -2.35. The summed E-state index contributed by atoms with van der Waals surface area (Å²) in [5.74, 6) is 0.200. The fraction of sp³-hybridized carbons (Fsp3) is 0.375. The summed E-state index contributed by atoms with van der Waals surface area (Å²) in [7, 11) is 0. The van der Waals surface area contributed by atoms with Crippen molar-refractivity contribution >= 4 is 46.0 Å². The SMILES string of the molecule is O=C(C1CCCN1C(=O)c1cc(Cl)ccc1Cl)N1CCC(c2c[nH]c3ncccc23)CC1. The molecule has 5 rings (SSSR count). The molecule has 0 radical (unpaired) electrons.